The molecule has 1 unspecified atom stereocenters. The lowest BCUT2D eigenvalue weighted by Crippen LogP contribution is -2.01. The Bertz CT molecular complexity index is 1780. The first-order valence-corrected chi connectivity index (χ1v) is 19.7. The first-order valence-electron chi connectivity index (χ1n) is 19.7. The Morgan fingerprint density at radius 1 is 0.580 bits per heavy atom. The summed E-state index contributed by atoms with van der Waals surface area (Å²) in [4.78, 5) is 0. The number of aryl methyl sites for hydroxylation is 2. The van der Waals surface area contributed by atoms with Crippen molar-refractivity contribution in [2.24, 2.45) is 0 Å². The normalized spacial score (nSPS) is 12.0. The molecule has 50 heavy (non-hydrogen) atoms. The summed E-state index contributed by atoms with van der Waals surface area (Å²) < 4.78 is 15.0. The van der Waals surface area contributed by atoms with Gasteiger partial charge in [0, 0.05) is 35.1 Å². The Morgan fingerprint density at radius 3 is 1.90 bits per heavy atom. The third-order valence-electron chi connectivity index (χ3n) is 10.3. The maximum absolute atomic E-state index is 6.46. The van der Waals surface area contributed by atoms with Crippen molar-refractivity contribution >= 4 is 5.52 Å². The van der Waals surface area contributed by atoms with E-state index in [4.69, 9.17) is 9.47 Å². The van der Waals surface area contributed by atoms with Gasteiger partial charge in [0.05, 0.1) is 13.2 Å². The SMILES string of the molecule is CCCCCCOc1ccc(-c2ccc(-c3cn4ccc(-c5ccc(C)cc5C)cc4c3C(CC)CCCC)cc2)c(OCCCCCC)c1. The third-order valence-corrected chi connectivity index (χ3v) is 10.3. The average Bonchev–Trinajstić information content (AvgIpc) is 3.51. The highest BCUT2D eigenvalue weighted by Crippen LogP contribution is 2.41. The number of hydrogen-bond donors (Lipinski definition) is 0. The van der Waals surface area contributed by atoms with E-state index < -0.39 is 0 Å². The van der Waals surface area contributed by atoms with Gasteiger partial charge in [0.2, 0.25) is 0 Å². The molecule has 2 heterocycles. The number of benzene rings is 3. The van der Waals surface area contributed by atoms with Crippen molar-refractivity contribution in [3.63, 3.8) is 0 Å². The fourth-order valence-electron chi connectivity index (χ4n) is 7.36. The molecule has 0 saturated carbocycles. The Balaban J connectivity index is 1.49. The molecule has 0 aliphatic carbocycles. The van der Waals surface area contributed by atoms with Crippen LogP contribution in [0.15, 0.2) is 85.2 Å². The van der Waals surface area contributed by atoms with Crippen molar-refractivity contribution in [1.29, 1.82) is 0 Å². The molecule has 0 aliphatic heterocycles. The average molecular weight is 672 g/mol. The highest BCUT2D eigenvalue weighted by atomic mass is 16.5. The summed E-state index contributed by atoms with van der Waals surface area (Å²) in [6.07, 6.45) is 19.0. The van der Waals surface area contributed by atoms with E-state index in [0.29, 0.717) is 5.92 Å². The largest absolute Gasteiger partial charge is 0.493 e. The molecule has 0 amide bonds. The molecule has 2 aromatic heterocycles. The van der Waals surface area contributed by atoms with Crippen LogP contribution in [0.25, 0.3) is 38.9 Å². The van der Waals surface area contributed by atoms with Gasteiger partial charge >= 0.3 is 0 Å². The molecule has 0 bridgehead atoms. The molecule has 3 nitrogen and oxygen atoms in total. The molecule has 5 aromatic rings. The second-order valence-corrected chi connectivity index (χ2v) is 14.3. The van der Waals surface area contributed by atoms with Gasteiger partial charge in [-0.05, 0) is 103 Å². The zero-order valence-corrected chi connectivity index (χ0v) is 31.8. The van der Waals surface area contributed by atoms with Crippen molar-refractivity contribution in [2.75, 3.05) is 13.2 Å². The molecule has 5 rings (SSSR count). The Kier molecular flexibility index (Phi) is 14.1. The smallest absolute Gasteiger partial charge is 0.130 e. The third kappa shape index (κ3) is 9.42. The van der Waals surface area contributed by atoms with Crippen LogP contribution in [0.3, 0.4) is 0 Å². The molecule has 0 fully saturated rings. The highest BCUT2D eigenvalue weighted by molar-refractivity contribution is 5.83. The quantitative estimate of drug-likeness (QED) is 0.0769. The van der Waals surface area contributed by atoms with Gasteiger partial charge in [-0.25, -0.2) is 0 Å². The van der Waals surface area contributed by atoms with Gasteiger partial charge in [-0.3, -0.25) is 0 Å². The maximum atomic E-state index is 6.46. The molecule has 0 spiro atoms. The number of aromatic nitrogens is 1. The summed E-state index contributed by atoms with van der Waals surface area (Å²) >= 11 is 0. The molecule has 0 N–H and O–H groups in total. The highest BCUT2D eigenvalue weighted by Gasteiger charge is 2.21. The van der Waals surface area contributed by atoms with Crippen molar-refractivity contribution in [2.45, 2.75) is 125 Å². The van der Waals surface area contributed by atoms with Gasteiger partial charge in [0.25, 0.3) is 0 Å². The van der Waals surface area contributed by atoms with Crippen molar-refractivity contribution in [1.82, 2.24) is 4.40 Å². The summed E-state index contributed by atoms with van der Waals surface area (Å²) in [5.41, 5.74) is 13.0. The van der Waals surface area contributed by atoms with E-state index in [0.717, 1.165) is 49.5 Å². The van der Waals surface area contributed by atoms with Crippen LogP contribution < -0.4 is 9.47 Å². The summed E-state index contributed by atoms with van der Waals surface area (Å²) in [6.45, 7) is 15.0. The second-order valence-electron chi connectivity index (χ2n) is 14.3. The van der Waals surface area contributed by atoms with Crippen LogP contribution in [0, 0.1) is 13.8 Å². The van der Waals surface area contributed by atoms with E-state index in [1.165, 1.54) is 108 Å². The molecule has 0 saturated heterocycles. The fourth-order valence-corrected chi connectivity index (χ4v) is 7.36. The van der Waals surface area contributed by atoms with E-state index in [9.17, 15) is 0 Å². The summed E-state index contributed by atoms with van der Waals surface area (Å²) in [5, 5.41) is 0. The van der Waals surface area contributed by atoms with Gasteiger partial charge in [-0.15, -0.1) is 0 Å². The molecule has 266 valence electrons. The Labute approximate surface area is 303 Å². The zero-order chi connectivity index (χ0) is 35.3. The van der Waals surface area contributed by atoms with Crippen LogP contribution in [-0.4, -0.2) is 17.6 Å². The lowest BCUT2D eigenvalue weighted by molar-refractivity contribution is 0.291. The number of pyridine rings is 1. The lowest BCUT2D eigenvalue weighted by Gasteiger charge is -2.18. The van der Waals surface area contributed by atoms with Crippen LogP contribution in [0.1, 0.15) is 127 Å². The number of unbranched alkanes of at least 4 members (excludes halogenated alkanes) is 7. The summed E-state index contributed by atoms with van der Waals surface area (Å²) in [7, 11) is 0. The minimum atomic E-state index is 0.506. The molecular weight excluding hydrogens is 611 g/mol. The number of hydrogen-bond acceptors (Lipinski definition) is 2. The van der Waals surface area contributed by atoms with E-state index >= 15 is 0 Å². The summed E-state index contributed by atoms with van der Waals surface area (Å²) in [6, 6.07) is 27.1. The van der Waals surface area contributed by atoms with E-state index in [2.05, 4.69) is 131 Å². The second kappa shape index (κ2) is 18.9. The van der Waals surface area contributed by atoms with E-state index in [1.54, 1.807) is 0 Å². The van der Waals surface area contributed by atoms with Crippen LogP contribution >= 0.6 is 0 Å². The number of rotatable bonds is 20. The predicted octanol–water partition coefficient (Wildman–Crippen LogP) is 14.2. The first-order chi connectivity index (χ1) is 24.5. The number of ether oxygens (including phenoxy) is 2. The molecule has 0 aliphatic rings. The standard InChI is InChI=1S/C47H61NO2/c1-7-11-14-16-29-49-41-24-26-43(46(33-41)50-30-17-15-12-8-2)38-20-22-39(23-21-38)44-34-48-28-27-40(42-25-19-35(5)31-36(42)6)32-45(48)47(44)37(10-4)18-13-9-3/h19-28,31-34,37H,7-18,29-30H2,1-6H3. The molecule has 0 radical (unpaired) electrons. The molecule has 1 atom stereocenters. The zero-order valence-electron chi connectivity index (χ0n) is 31.8. The topological polar surface area (TPSA) is 22.9 Å². The number of fused-ring (bicyclic) bond motifs is 1. The predicted molar refractivity (Wildman–Crippen MR) is 215 cm³/mol. The van der Waals surface area contributed by atoms with Gasteiger partial charge in [0.1, 0.15) is 11.5 Å². The van der Waals surface area contributed by atoms with Crippen LogP contribution in [0.5, 0.6) is 11.5 Å². The molecule has 3 aromatic carbocycles. The van der Waals surface area contributed by atoms with Crippen LogP contribution in [0.2, 0.25) is 0 Å². The monoisotopic (exact) mass is 671 g/mol. The summed E-state index contributed by atoms with van der Waals surface area (Å²) in [5.74, 6) is 2.32. The Morgan fingerprint density at radius 2 is 1.24 bits per heavy atom. The van der Waals surface area contributed by atoms with Crippen LogP contribution in [-0.2, 0) is 0 Å². The minimum absolute atomic E-state index is 0.506. The van der Waals surface area contributed by atoms with Crippen molar-refractivity contribution in [3.05, 3.63) is 102 Å². The van der Waals surface area contributed by atoms with Crippen molar-refractivity contribution < 1.29 is 9.47 Å². The van der Waals surface area contributed by atoms with E-state index in [1.807, 2.05) is 0 Å². The van der Waals surface area contributed by atoms with Crippen molar-refractivity contribution in [3.8, 4) is 44.9 Å². The lowest BCUT2D eigenvalue weighted by atomic mass is 9.86. The van der Waals surface area contributed by atoms with E-state index in [-0.39, 0.29) is 0 Å². The van der Waals surface area contributed by atoms with Crippen LogP contribution in [0.4, 0.5) is 0 Å². The van der Waals surface area contributed by atoms with Gasteiger partial charge in [-0.2, -0.15) is 0 Å². The number of nitrogens with zero attached hydrogens (tertiary/aromatic N) is 1. The maximum Gasteiger partial charge on any atom is 0.130 e. The van der Waals surface area contributed by atoms with Gasteiger partial charge in [0.15, 0.2) is 0 Å². The fraction of sp³-hybridized carbons (Fsp3) is 0.447. The Hall–Kier alpha value is -3.98. The first kappa shape index (κ1) is 37.3. The molecular formula is C47H61NO2. The minimum Gasteiger partial charge on any atom is -0.493 e. The molecule has 3 heteroatoms. The van der Waals surface area contributed by atoms with Gasteiger partial charge in [-0.1, -0.05) is 127 Å². The van der Waals surface area contributed by atoms with Gasteiger partial charge < -0.3 is 13.9 Å².